The first-order valence-corrected chi connectivity index (χ1v) is 12.4. The lowest BCUT2D eigenvalue weighted by molar-refractivity contribution is -0.122. The molecule has 1 fully saturated rings. The van der Waals surface area contributed by atoms with E-state index in [4.69, 9.17) is 21.1 Å². The average molecular weight is 527 g/mol. The zero-order valence-electron chi connectivity index (χ0n) is 20.4. The molecule has 1 saturated heterocycles. The van der Waals surface area contributed by atoms with Gasteiger partial charge in [0.1, 0.15) is 12.2 Å². The number of para-hydroxylation sites is 1. The first-order valence-electron chi connectivity index (χ1n) is 12.0. The van der Waals surface area contributed by atoms with Gasteiger partial charge >= 0.3 is 6.03 Å². The van der Waals surface area contributed by atoms with E-state index in [9.17, 15) is 14.4 Å². The fourth-order valence-electron chi connectivity index (χ4n) is 4.25. The maximum Gasteiger partial charge on any atom is 0.335 e. The number of amides is 4. The van der Waals surface area contributed by atoms with E-state index in [-0.39, 0.29) is 16.3 Å². The summed E-state index contributed by atoms with van der Waals surface area (Å²) in [7, 11) is 0. The van der Waals surface area contributed by atoms with E-state index < -0.39 is 17.8 Å². The van der Waals surface area contributed by atoms with Gasteiger partial charge in [-0.25, -0.2) is 9.69 Å². The number of hydrogen-bond donors (Lipinski definition) is 1. The van der Waals surface area contributed by atoms with E-state index in [0.717, 1.165) is 21.2 Å². The number of imide groups is 2. The van der Waals surface area contributed by atoms with Crippen LogP contribution in [-0.4, -0.2) is 24.5 Å². The van der Waals surface area contributed by atoms with Gasteiger partial charge in [-0.1, -0.05) is 72.3 Å². The van der Waals surface area contributed by atoms with Crippen molar-refractivity contribution in [3.63, 3.8) is 0 Å². The van der Waals surface area contributed by atoms with Crippen molar-refractivity contribution in [1.82, 2.24) is 5.32 Å². The number of benzene rings is 4. The van der Waals surface area contributed by atoms with Crippen molar-refractivity contribution in [1.29, 1.82) is 0 Å². The van der Waals surface area contributed by atoms with Crippen molar-refractivity contribution in [3.05, 3.63) is 107 Å². The van der Waals surface area contributed by atoms with Crippen LogP contribution >= 0.6 is 11.6 Å². The molecule has 5 rings (SSSR count). The summed E-state index contributed by atoms with van der Waals surface area (Å²) in [6, 6.07) is 24.8. The van der Waals surface area contributed by atoms with Crippen molar-refractivity contribution < 1.29 is 23.9 Å². The van der Waals surface area contributed by atoms with Gasteiger partial charge in [-0.05, 0) is 59.2 Å². The molecule has 0 aliphatic carbocycles. The Morgan fingerprint density at radius 2 is 1.63 bits per heavy atom. The summed E-state index contributed by atoms with van der Waals surface area (Å²) in [6.07, 6.45) is 1.41. The highest BCUT2D eigenvalue weighted by molar-refractivity contribution is 6.42. The predicted molar refractivity (Wildman–Crippen MR) is 146 cm³/mol. The fraction of sp³-hybridized carbons (Fsp3) is 0.100. The lowest BCUT2D eigenvalue weighted by atomic mass is 10.1. The number of ether oxygens (including phenoxy) is 2. The molecule has 0 saturated carbocycles. The molecule has 1 aliphatic heterocycles. The number of rotatable bonds is 7. The highest BCUT2D eigenvalue weighted by Crippen LogP contribution is 2.32. The minimum absolute atomic E-state index is 0.183. The van der Waals surface area contributed by atoms with Gasteiger partial charge in [0.05, 0.1) is 17.3 Å². The zero-order valence-corrected chi connectivity index (χ0v) is 21.2. The molecule has 8 heteroatoms. The molecular weight excluding hydrogens is 504 g/mol. The lowest BCUT2D eigenvalue weighted by Gasteiger charge is -2.27. The molecule has 0 atom stereocenters. The predicted octanol–water partition coefficient (Wildman–Crippen LogP) is 6.14. The van der Waals surface area contributed by atoms with Crippen molar-refractivity contribution in [2.75, 3.05) is 11.5 Å². The quantitative estimate of drug-likeness (QED) is 0.231. The highest BCUT2D eigenvalue weighted by Gasteiger charge is 2.37. The molecule has 0 spiro atoms. The second-order valence-corrected chi connectivity index (χ2v) is 8.88. The first-order chi connectivity index (χ1) is 18.5. The van der Waals surface area contributed by atoms with Gasteiger partial charge in [0.2, 0.25) is 0 Å². The molecule has 1 N–H and O–H groups in total. The summed E-state index contributed by atoms with van der Waals surface area (Å²) in [6.45, 7) is 2.57. The Labute approximate surface area is 224 Å². The van der Waals surface area contributed by atoms with Gasteiger partial charge in [0.25, 0.3) is 11.8 Å². The molecular formula is C30H23ClN2O5. The number of fused-ring (bicyclic) bond motifs is 1. The largest absolute Gasteiger partial charge is 0.490 e. The van der Waals surface area contributed by atoms with Crippen molar-refractivity contribution in [2.45, 2.75) is 13.5 Å². The first kappa shape index (κ1) is 25.0. The van der Waals surface area contributed by atoms with Crippen LogP contribution in [0.25, 0.3) is 16.8 Å². The summed E-state index contributed by atoms with van der Waals surface area (Å²) >= 11 is 6.20. The van der Waals surface area contributed by atoms with Crippen LogP contribution in [0.2, 0.25) is 5.02 Å². The summed E-state index contributed by atoms with van der Waals surface area (Å²) in [5, 5.41) is 4.64. The minimum atomic E-state index is -0.863. The van der Waals surface area contributed by atoms with E-state index in [1.54, 1.807) is 36.4 Å². The van der Waals surface area contributed by atoms with Gasteiger partial charge in [-0.15, -0.1) is 0 Å². The van der Waals surface area contributed by atoms with E-state index in [0.29, 0.717) is 30.3 Å². The number of halogens is 1. The minimum Gasteiger partial charge on any atom is -0.490 e. The number of carbonyl (C=O) groups excluding carboxylic acids is 3. The molecule has 7 nitrogen and oxygen atoms in total. The van der Waals surface area contributed by atoms with E-state index >= 15 is 0 Å². The van der Waals surface area contributed by atoms with Gasteiger partial charge in [0, 0.05) is 0 Å². The number of urea groups is 1. The highest BCUT2D eigenvalue weighted by atomic mass is 35.5. The number of anilines is 1. The maximum atomic E-state index is 13.2. The van der Waals surface area contributed by atoms with Crippen molar-refractivity contribution in [2.24, 2.45) is 0 Å². The summed E-state index contributed by atoms with van der Waals surface area (Å²) in [4.78, 5) is 39.1. The molecule has 0 unspecified atom stereocenters. The topological polar surface area (TPSA) is 84.9 Å². The zero-order chi connectivity index (χ0) is 26.6. The third-order valence-corrected chi connectivity index (χ3v) is 6.36. The Balaban J connectivity index is 1.43. The third kappa shape index (κ3) is 4.96. The molecule has 0 radical (unpaired) electrons. The maximum absolute atomic E-state index is 13.2. The third-order valence-electron chi connectivity index (χ3n) is 6.04. The average Bonchev–Trinajstić information content (AvgIpc) is 2.91. The molecule has 1 aliphatic rings. The summed E-state index contributed by atoms with van der Waals surface area (Å²) < 4.78 is 11.9. The number of nitrogens with one attached hydrogen (secondary N) is 1. The second-order valence-electron chi connectivity index (χ2n) is 8.48. The second kappa shape index (κ2) is 10.8. The summed E-state index contributed by atoms with van der Waals surface area (Å²) in [5.41, 5.74) is 1.53. The normalized spacial score (nSPS) is 14.6. The fourth-order valence-corrected chi connectivity index (χ4v) is 4.47. The van der Waals surface area contributed by atoms with E-state index in [1.165, 1.54) is 12.1 Å². The number of hydrogen-bond acceptors (Lipinski definition) is 5. The Morgan fingerprint density at radius 1 is 0.868 bits per heavy atom. The van der Waals surface area contributed by atoms with Gasteiger partial charge in [-0.2, -0.15) is 0 Å². The van der Waals surface area contributed by atoms with Crippen LogP contribution in [0.4, 0.5) is 10.5 Å². The van der Waals surface area contributed by atoms with Gasteiger partial charge < -0.3 is 9.47 Å². The van der Waals surface area contributed by atoms with Crippen LogP contribution < -0.4 is 19.7 Å². The number of carbonyl (C=O) groups is 3. The Bertz CT molecular complexity index is 1590. The molecule has 4 amide bonds. The van der Waals surface area contributed by atoms with Crippen LogP contribution in [0, 0.1) is 0 Å². The van der Waals surface area contributed by atoms with Crippen molar-refractivity contribution >= 4 is 52.0 Å². The number of nitrogens with zero attached hydrogens (tertiary/aromatic N) is 1. The lowest BCUT2D eigenvalue weighted by Crippen LogP contribution is -2.54. The van der Waals surface area contributed by atoms with Crippen LogP contribution in [0.1, 0.15) is 18.1 Å². The molecule has 1 heterocycles. The van der Waals surface area contributed by atoms with Crippen LogP contribution in [-0.2, 0) is 16.2 Å². The van der Waals surface area contributed by atoms with Crippen molar-refractivity contribution in [3.8, 4) is 11.5 Å². The summed E-state index contributed by atoms with van der Waals surface area (Å²) in [5.74, 6) is -0.586. The molecule has 0 aromatic heterocycles. The van der Waals surface area contributed by atoms with E-state index in [2.05, 4.69) is 23.5 Å². The van der Waals surface area contributed by atoms with Crippen LogP contribution in [0.5, 0.6) is 11.5 Å². The van der Waals surface area contributed by atoms with E-state index in [1.807, 2.05) is 31.2 Å². The van der Waals surface area contributed by atoms with Gasteiger partial charge in [-0.3, -0.25) is 14.9 Å². The van der Waals surface area contributed by atoms with Gasteiger partial charge in [0.15, 0.2) is 11.5 Å². The molecule has 0 bridgehead atoms. The Hall–Kier alpha value is -4.62. The monoisotopic (exact) mass is 526 g/mol. The van der Waals surface area contributed by atoms with Crippen LogP contribution in [0.3, 0.4) is 0 Å². The molecule has 4 aromatic carbocycles. The standard InChI is InChI=1S/C30H23ClN2O5/c1-2-37-27-17-19(14-15-26(27)38-18-21-10-7-9-20-8-3-4-11-22(20)21)16-23-28(34)32-30(36)33(29(23)35)25-13-6-5-12-24(25)31/h3-17H,2,18H2,1H3,(H,32,34,36)/b23-16+. The molecule has 190 valence electrons. The molecule has 4 aromatic rings. The Kier molecular flexibility index (Phi) is 7.11. The Morgan fingerprint density at radius 3 is 2.45 bits per heavy atom. The van der Waals surface area contributed by atoms with Crippen LogP contribution in [0.15, 0.2) is 90.5 Å². The SMILES string of the molecule is CCOc1cc(/C=C2\C(=O)NC(=O)N(c3ccccc3Cl)C2=O)ccc1OCc1cccc2ccccc12. The smallest absolute Gasteiger partial charge is 0.335 e. The number of barbiturate groups is 1. The molecule has 38 heavy (non-hydrogen) atoms.